The number of pyridine rings is 1. The predicted molar refractivity (Wildman–Crippen MR) is 68.9 cm³/mol. The molecule has 1 heterocycles. The summed E-state index contributed by atoms with van der Waals surface area (Å²) in [5, 5.41) is 7.38. The Bertz CT molecular complexity index is 398. The van der Waals surface area contributed by atoms with Crippen LogP contribution in [0.2, 0.25) is 0 Å². The maximum atomic E-state index is 7.38. The van der Waals surface area contributed by atoms with Crippen LogP contribution in [0.1, 0.15) is 31.0 Å². The third-order valence-corrected chi connectivity index (χ3v) is 3.17. The molecule has 0 amide bonds. The normalized spacial score (nSPS) is 15.2. The van der Waals surface area contributed by atoms with Crippen molar-refractivity contribution in [1.29, 1.82) is 5.41 Å². The van der Waals surface area contributed by atoms with Crippen LogP contribution in [0.5, 0.6) is 0 Å². The quantitative estimate of drug-likeness (QED) is 0.578. The second-order valence-electron chi connectivity index (χ2n) is 4.73. The Hall–Kier alpha value is -1.42. The second kappa shape index (κ2) is 5.27. The number of nitrogens with zero attached hydrogens (tertiary/aromatic N) is 2. The van der Waals surface area contributed by atoms with Crippen LogP contribution in [0.25, 0.3) is 0 Å². The van der Waals surface area contributed by atoms with Gasteiger partial charge >= 0.3 is 0 Å². The fraction of sp³-hybridized carbons (Fsp3) is 0.538. The van der Waals surface area contributed by atoms with E-state index in [-0.39, 0.29) is 5.84 Å². The summed E-state index contributed by atoms with van der Waals surface area (Å²) in [7, 11) is 0. The van der Waals surface area contributed by atoms with E-state index >= 15 is 0 Å². The van der Waals surface area contributed by atoms with Crippen molar-refractivity contribution in [3.8, 4) is 0 Å². The van der Waals surface area contributed by atoms with Crippen molar-refractivity contribution in [2.45, 2.75) is 26.3 Å². The Morgan fingerprint density at radius 2 is 2.35 bits per heavy atom. The number of nitrogen functional groups attached to an aromatic ring is 1. The van der Waals surface area contributed by atoms with Crippen molar-refractivity contribution >= 4 is 5.84 Å². The summed E-state index contributed by atoms with van der Waals surface area (Å²) in [6, 6.07) is 3.92. The van der Waals surface area contributed by atoms with Crippen molar-refractivity contribution in [1.82, 2.24) is 9.88 Å². The number of rotatable bonds is 6. The number of amidine groups is 1. The molecule has 2 rings (SSSR count). The summed E-state index contributed by atoms with van der Waals surface area (Å²) < 4.78 is 0. The lowest BCUT2D eigenvalue weighted by molar-refractivity contribution is 0.268. The lowest BCUT2D eigenvalue weighted by Gasteiger charge is -2.20. The topological polar surface area (TPSA) is 66.0 Å². The van der Waals surface area contributed by atoms with Crippen LogP contribution in [0.4, 0.5) is 0 Å². The van der Waals surface area contributed by atoms with E-state index < -0.39 is 0 Å². The zero-order chi connectivity index (χ0) is 12.3. The molecule has 1 fully saturated rings. The van der Waals surface area contributed by atoms with Gasteiger partial charge in [-0.15, -0.1) is 0 Å². The van der Waals surface area contributed by atoms with E-state index in [2.05, 4.69) is 16.8 Å². The zero-order valence-electron chi connectivity index (χ0n) is 10.3. The SMILES string of the molecule is CCN(Cc1ccnc(C(=N)N)c1)CC1CC1. The monoisotopic (exact) mass is 232 g/mol. The van der Waals surface area contributed by atoms with Crippen molar-refractivity contribution in [3.05, 3.63) is 29.6 Å². The van der Waals surface area contributed by atoms with Crippen LogP contribution in [0.15, 0.2) is 18.3 Å². The molecule has 0 saturated heterocycles. The minimum absolute atomic E-state index is 0.0390. The fourth-order valence-electron chi connectivity index (χ4n) is 1.95. The Morgan fingerprint density at radius 1 is 1.59 bits per heavy atom. The highest BCUT2D eigenvalue weighted by atomic mass is 15.1. The summed E-state index contributed by atoms with van der Waals surface area (Å²) in [6.07, 6.45) is 4.49. The Kier molecular flexibility index (Phi) is 3.74. The Morgan fingerprint density at radius 3 is 2.94 bits per heavy atom. The molecule has 0 unspecified atom stereocenters. The number of hydrogen-bond donors (Lipinski definition) is 2. The van der Waals surface area contributed by atoms with Gasteiger partial charge in [-0.1, -0.05) is 6.92 Å². The van der Waals surface area contributed by atoms with E-state index in [4.69, 9.17) is 11.1 Å². The average Bonchev–Trinajstić information content (AvgIpc) is 3.12. The minimum atomic E-state index is 0.0390. The summed E-state index contributed by atoms with van der Waals surface area (Å²) in [4.78, 5) is 6.52. The predicted octanol–water partition coefficient (Wildman–Crippen LogP) is 1.60. The van der Waals surface area contributed by atoms with Crippen molar-refractivity contribution in [3.63, 3.8) is 0 Å². The first kappa shape index (κ1) is 12.0. The van der Waals surface area contributed by atoms with Gasteiger partial charge in [-0.2, -0.15) is 0 Å². The summed E-state index contributed by atoms with van der Waals surface area (Å²) >= 11 is 0. The number of nitrogens with one attached hydrogen (secondary N) is 1. The molecule has 0 radical (unpaired) electrons. The highest BCUT2D eigenvalue weighted by molar-refractivity contribution is 5.93. The lowest BCUT2D eigenvalue weighted by Crippen LogP contribution is -2.25. The van der Waals surface area contributed by atoms with Gasteiger partial charge in [0.15, 0.2) is 0 Å². The molecule has 0 atom stereocenters. The van der Waals surface area contributed by atoms with Gasteiger partial charge in [0, 0.05) is 19.3 Å². The van der Waals surface area contributed by atoms with Gasteiger partial charge in [-0.05, 0) is 43.0 Å². The van der Waals surface area contributed by atoms with Crippen molar-refractivity contribution in [2.24, 2.45) is 11.7 Å². The number of aromatic nitrogens is 1. The molecule has 1 aliphatic rings. The highest BCUT2D eigenvalue weighted by Crippen LogP contribution is 2.30. The van der Waals surface area contributed by atoms with E-state index in [0.29, 0.717) is 5.69 Å². The summed E-state index contributed by atoms with van der Waals surface area (Å²) in [5.41, 5.74) is 7.21. The molecule has 1 aromatic rings. The van der Waals surface area contributed by atoms with E-state index in [1.807, 2.05) is 12.1 Å². The van der Waals surface area contributed by atoms with Gasteiger partial charge < -0.3 is 5.73 Å². The van der Waals surface area contributed by atoms with Crippen LogP contribution in [-0.2, 0) is 6.54 Å². The van der Waals surface area contributed by atoms with Gasteiger partial charge in [0.25, 0.3) is 0 Å². The van der Waals surface area contributed by atoms with E-state index in [1.165, 1.54) is 24.9 Å². The molecule has 0 bridgehead atoms. The first-order valence-electron chi connectivity index (χ1n) is 6.20. The Balaban J connectivity index is 2.00. The highest BCUT2D eigenvalue weighted by Gasteiger charge is 2.23. The molecule has 1 aromatic heterocycles. The first-order valence-corrected chi connectivity index (χ1v) is 6.20. The van der Waals surface area contributed by atoms with E-state index in [9.17, 15) is 0 Å². The smallest absolute Gasteiger partial charge is 0.141 e. The van der Waals surface area contributed by atoms with Gasteiger partial charge in [0.2, 0.25) is 0 Å². The molecule has 0 aromatic carbocycles. The molecule has 92 valence electrons. The molecule has 0 aliphatic heterocycles. The zero-order valence-corrected chi connectivity index (χ0v) is 10.3. The molecule has 1 saturated carbocycles. The molecule has 3 N–H and O–H groups in total. The maximum absolute atomic E-state index is 7.38. The summed E-state index contributed by atoms with van der Waals surface area (Å²) in [5.74, 6) is 0.946. The standard InChI is InChI=1S/C13H20N4/c1-2-17(8-10-3-4-10)9-11-5-6-16-12(7-11)13(14)15/h5-7,10H,2-4,8-9H2,1H3,(H3,14,15). The van der Waals surface area contributed by atoms with Gasteiger partial charge in [-0.3, -0.25) is 15.3 Å². The molecule has 4 heteroatoms. The molecule has 4 nitrogen and oxygen atoms in total. The maximum Gasteiger partial charge on any atom is 0.141 e. The molecule has 1 aliphatic carbocycles. The third-order valence-electron chi connectivity index (χ3n) is 3.17. The van der Waals surface area contributed by atoms with Crippen molar-refractivity contribution < 1.29 is 0 Å². The molecule has 0 spiro atoms. The van der Waals surface area contributed by atoms with Gasteiger partial charge in [0.05, 0.1) is 0 Å². The van der Waals surface area contributed by atoms with Gasteiger partial charge in [-0.25, -0.2) is 0 Å². The van der Waals surface area contributed by atoms with E-state index in [0.717, 1.165) is 19.0 Å². The molecular weight excluding hydrogens is 212 g/mol. The molecule has 17 heavy (non-hydrogen) atoms. The van der Waals surface area contributed by atoms with Crippen LogP contribution in [0.3, 0.4) is 0 Å². The first-order chi connectivity index (χ1) is 8.19. The average molecular weight is 232 g/mol. The minimum Gasteiger partial charge on any atom is -0.382 e. The largest absolute Gasteiger partial charge is 0.382 e. The second-order valence-corrected chi connectivity index (χ2v) is 4.73. The number of hydrogen-bond acceptors (Lipinski definition) is 3. The summed E-state index contributed by atoms with van der Waals surface area (Å²) in [6.45, 7) is 5.37. The van der Waals surface area contributed by atoms with Crippen LogP contribution in [-0.4, -0.2) is 28.8 Å². The lowest BCUT2D eigenvalue weighted by atomic mass is 10.2. The molecular formula is C13H20N4. The van der Waals surface area contributed by atoms with Crippen LogP contribution < -0.4 is 5.73 Å². The fourth-order valence-corrected chi connectivity index (χ4v) is 1.95. The van der Waals surface area contributed by atoms with Crippen LogP contribution in [0, 0.1) is 11.3 Å². The Labute approximate surface area is 102 Å². The van der Waals surface area contributed by atoms with E-state index in [1.54, 1.807) is 6.20 Å². The third kappa shape index (κ3) is 3.53. The number of nitrogens with two attached hydrogens (primary N) is 1. The van der Waals surface area contributed by atoms with Gasteiger partial charge in [0.1, 0.15) is 11.5 Å². The van der Waals surface area contributed by atoms with Crippen LogP contribution >= 0.6 is 0 Å². The van der Waals surface area contributed by atoms with Crippen molar-refractivity contribution in [2.75, 3.05) is 13.1 Å².